The van der Waals surface area contributed by atoms with Crippen molar-refractivity contribution < 1.29 is 14.3 Å². The van der Waals surface area contributed by atoms with Gasteiger partial charge in [0.2, 0.25) is 0 Å². The van der Waals surface area contributed by atoms with Gasteiger partial charge in [-0.15, -0.1) is 0 Å². The van der Waals surface area contributed by atoms with Gasteiger partial charge in [0.15, 0.2) is 5.82 Å². The van der Waals surface area contributed by atoms with E-state index in [9.17, 15) is 4.79 Å². The normalized spacial score (nSPS) is 17.5. The molecular formula is C20H26Cl2N4O3. The molecule has 1 amide bonds. The number of hydrogen-bond acceptors (Lipinski definition) is 5. The SMILES string of the molecule is COCC1CN(C(=O)OC(C)(C)C)CCN1c1cc(-c2cccc(Cl)c2Cl)[nH]n1. The Balaban J connectivity index is 1.78. The Kier molecular flexibility index (Phi) is 6.61. The van der Waals surface area contributed by atoms with E-state index in [1.54, 1.807) is 18.1 Å². The van der Waals surface area contributed by atoms with Gasteiger partial charge >= 0.3 is 6.09 Å². The Labute approximate surface area is 180 Å². The van der Waals surface area contributed by atoms with Gasteiger partial charge in [-0.1, -0.05) is 35.3 Å². The van der Waals surface area contributed by atoms with Gasteiger partial charge < -0.3 is 19.3 Å². The number of rotatable bonds is 4. The zero-order chi connectivity index (χ0) is 21.2. The number of anilines is 1. The van der Waals surface area contributed by atoms with Crippen molar-refractivity contribution in [2.45, 2.75) is 32.4 Å². The van der Waals surface area contributed by atoms with Crippen molar-refractivity contribution in [2.75, 3.05) is 38.3 Å². The number of carbonyl (C=O) groups excluding carboxylic acids is 1. The molecule has 0 radical (unpaired) electrons. The molecule has 3 rings (SSSR count). The van der Waals surface area contributed by atoms with Crippen LogP contribution in [0.15, 0.2) is 24.3 Å². The molecule has 9 heteroatoms. The molecule has 1 unspecified atom stereocenters. The number of aromatic nitrogens is 2. The highest BCUT2D eigenvalue weighted by Gasteiger charge is 2.33. The Bertz CT molecular complexity index is 866. The molecule has 1 fully saturated rings. The maximum atomic E-state index is 12.5. The second kappa shape index (κ2) is 8.81. The topological polar surface area (TPSA) is 70.7 Å². The highest BCUT2D eigenvalue weighted by atomic mass is 35.5. The van der Waals surface area contributed by atoms with E-state index in [-0.39, 0.29) is 12.1 Å². The van der Waals surface area contributed by atoms with Crippen LogP contribution in [0.3, 0.4) is 0 Å². The fraction of sp³-hybridized carbons (Fsp3) is 0.500. The van der Waals surface area contributed by atoms with Gasteiger partial charge in [-0.25, -0.2) is 4.79 Å². The summed E-state index contributed by atoms with van der Waals surface area (Å²) in [6, 6.07) is 7.36. The van der Waals surface area contributed by atoms with Crippen LogP contribution in [0.1, 0.15) is 20.8 Å². The van der Waals surface area contributed by atoms with E-state index in [2.05, 4.69) is 15.1 Å². The summed E-state index contributed by atoms with van der Waals surface area (Å²) in [7, 11) is 1.65. The molecule has 2 aromatic rings. The predicted octanol–water partition coefficient (Wildman–Crippen LogP) is 4.46. The van der Waals surface area contributed by atoms with Crippen LogP contribution in [0, 0.1) is 0 Å². The van der Waals surface area contributed by atoms with Crippen molar-refractivity contribution in [3.63, 3.8) is 0 Å². The minimum Gasteiger partial charge on any atom is -0.444 e. The first-order chi connectivity index (χ1) is 13.7. The second-order valence-corrected chi connectivity index (χ2v) is 8.76. The Morgan fingerprint density at radius 2 is 2.07 bits per heavy atom. The molecular weight excluding hydrogens is 415 g/mol. The van der Waals surface area contributed by atoms with E-state index in [1.807, 2.05) is 39.0 Å². The first-order valence-corrected chi connectivity index (χ1v) is 10.2. The highest BCUT2D eigenvalue weighted by Crippen LogP contribution is 2.34. The fourth-order valence-corrected chi connectivity index (χ4v) is 3.69. The number of nitrogens with one attached hydrogen (secondary N) is 1. The molecule has 1 N–H and O–H groups in total. The van der Waals surface area contributed by atoms with Crippen LogP contribution in [0.2, 0.25) is 10.0 Å². The number of piperazine rings is 1. The Hall–Kier alpha value is -1.96. The van der Waals surface area contributed by atoms with E-state index in [1.165, 1.54) is 0 Å². The average Bonchev–Trinajstić information content (AvgIpc) is 3.12. The highest BCUT2D eigenvalue weighted by molar-refractivity contribution is 6.43. The molecule has 1 aliphatic rings. The smallest absolute Gasteiger partial charge is 0.410 e. The van der Waals surface area contributed by atoms with Gasteiger partial charge in [-0.3, -0.25) is 5.10 Å². The first kappa shape index (κ1) is 21.7. The number of benzene rings is 1. The molecule has 0 bridgehead atoms. The lowest BCUT2D eigenvalue weighted by Crippen LogP contribution is -2.57. The Morgan fingerprint density at radius 1 is 1.31 bits per heavy atom. The zero-order valence-corrected chi connectivity index (χ0v) is 18.5. The summed E-state index contributed by atoms with van der Waals surface area (Å²) in [5.74, 6) is 0.766. The first-order valence-electron chi connectivity index (χ1n) is 9.43. The van der Waals surface area contributed by atoms with Gasteiger partial charge in [-0.05, 0) is 26.8 Å². The summed E-state index contributed by atoms with van der Waals surface area (Å²) in [5.41, 5.74) is 1.03. The molecule has 2 heterocycles. The van der Waals surface area contributed by atoms with Crippen molar-refractivity contribution >= 4 is 35.1 Å². The molecule has 1 saturated heterocycles. The molecule has 158 valence electrons. The van der Waals surface area contributed by atoms with Gasteiger partial charge in [0.05, 0.1) is 28.4 Å². The number of aromatic amines is 1. The van der Waals surface area contributed by atoms with E-state index in [0.717, 1.165) is 17.1 Å². The largest absolute Gasteiger partial charge is 0.444 e. The van der Waals surface area contributed by atoms with E-state index >= 15 is 0 Å². The summed E-state index contributed by atoms with van der Waals surface area (Å²) in [4.78, 5) is 16.3. The fourth-order valence-electron chi connectivity index (χ4n) is 3.29. The number of ether oxygens (including phenoxy) is 2. The van der Waals surface area contributed by atoms with Crippen LogP contribution >= 0.6 is 23.2 Å². The lowest BCUT2D eigenvalue weighted by molar-refractivity contribution is 0.0186. The quantitative estimate of drug-likeness (QED) is 0.759. The van der Waals surface area contributed by atoms with Crippen LogP contribution in [0.4, 0.5) is 10.6 Å². The van der Waals surface area contributed by atoms with Crippen molar-refractivity contribution in [2.24, 2.45) is 0 Å². The minimum atomic E-state index is -0.529. The number of H-pyrrole nitrogens is 1. The monoisotopic (exact) mass is 440 g/mol. The number of amides is 1. The zero-order valence-electron chi connectivity index (χ0n) is 17.0. The number of nitrogens with zero attached hydrogens (tertiary/aromatic N) is 3. The predicted molar refractivity (Wildman–Crippen MR) is 115 cm³/mol. The maximum Gasteiger partial charge on any atom is 0.410 e. The number of methoxy groups -OCH3 is 1. The molecule has 0 saturated carbocycles. The third kappa shape index (κ3) is 5.15. The van der Waals surface area contributed by atoms with Crippen LogP contribution in [0.5, 0.6) is 0 Å². The molecule has 0 spiro atoms. The molecule has 7 nitrogen and oxygen atoms in total. The molecule has 1 aliphatic heterocycles. The number of halogens is 2. The maximum absolute atomic E-state index is 12.5. The third-order valence-corrected chi connectivity index (χ3v) is 5.41. The second-order valence-electron chi connectivity index (χ2n) is 7.97. The molecule has 0 aliphatic carbocycles. The molecule has 1 aromatic heterocycles. The molecule has 29 heavy (non-hydrogen) atoms. The average molecular weight is 441 g/mol. The summed E-state index contributed by atoms with van der Waals surface area (Å²) in [5, 5.41) is 8.46. The minimum absolute atomic E-state index is 0.0488. The molecule has 1 aromatic carbocycles. The van der Waals surface area contributed by atoms with Crippen LogP contribution < -0.4 is 4.90 Å². The number of hydrogen-bond donors (Lipinski definition) is 1. The summed E-state index contributed by atoms with van der Waals surface area (Å²) < 4.78 is 10.9. The summed E-state index contributed by atoms with van der Waals surface area (Å²) in [6.07, 6.45) is -0.313. The Morgan fingerprint density at radius 3 is 2.76 bits per heavy atom. The van der Waals surface area contributed by atoms with Gasteiger partial charge in [0, 0.05) is 38.4 Å². The standard InChI is InChI=1S/C20H26Cl2N4O3/c1-20(2,3)29-19(27)25-8-9-26(13(11-25)12-28-4)17-10-16(23-24-17)14-6-5-7-15(21)18(14)22/h5-7,10,13H,8-9,11-12H2,1-4H3,(H,23,24). The summed E-state index contributed by atoms with van der Waals surface area (Å²) in [6.45, 7) is 7.68. The van der Waals surface area contributed by atoms with Gasteiger partial charge in [-0.2, -0.15) is 5.10 Å². The van der Waals surface area contributed by atoms with Gasteiger partial charge in [0.25, 0.3) is 0 Å². The van der Waals surface area contributed by atoms with E-state index < -0.39 is 5.60 Å². The lowest BCUT2D eigenvalue weighted by atomic mass is 10.1. The van der Waals surface area contributed by atoms with E-state index in [0.29, 0.717) is 36.3 Å². The third-order valence-electron chi connectivity index (χ3n) is 4.59. The van der Waals surface area contributed by atoms with Crippen LogP contribution in [-0.4, -0.2) is 66.2 Å². The molecule has 1 atom stereocenters. The van der Waals surface area contributed by atoms with Crippen molar-refractivity contribution in [3.8, 4) is 11.3 Å². The van der Waals surface area contributed by atoms with Crippen LogP contribution in [-0.2, 0) is 9.47 Å². The van der Waals surface area contributed by atoms with Crippen molar-refractivity contribution in [1.29, 1.82) is 0 Å². The van der Waals surface area contributed by atoms with E-state index in [4.69, 9.17) is 32.7 Å². The van der Waals surface area contributed by atoms with Gasteiger partial charge in [0.1, 0.15) is 5.60 Å². The lowest BCUT2D eigenvalue weighted by Gasteiger charge is -2.41. The summed E-state index contributed by atoms with van der Waals surface area (Å²) >= 11 is 12.5. The van der Waals surface area contributed by atoms with Crippen molar-refractivity contribution in [1.82, 2.24) is 15.1 Å². The van der Waals surface area contributed by atoms with Crippen molar-refractivity contribution in [3.05, 3.63) is 34.3 Å². The number of carbonyl (C=O) groups is 1. The van der Waals surface area contributed by atoms with Crippen LogP contribution in [0.25, 0.3) is 11.3 Å².